The molecule has 2 aromatic rings. The van der Waals surface area contributed by atoms with Crippen LogP contribution in [-0.2, 0) is 6.42 Å². The van der Waals surface area contributed by atoms with Gasteiger partial charge in [-0.1, -0.05) is 6.07 Å². The number of halogens is 2. The summed E-state index contributed by atoms with van der Waals surface area (Å²) in [7, 11) is 1.84. The van der Waals surface area contributed by atoms with Gasteiger partial charge in [-0.25, -0.2) is 4.39 Å². The lowest BCUT2D eigenvalue weighted by molar-refractivity contribution is 0.430. The van der Waals surface area contributed by atoms with Crippen molar-refractivity contribution in [1.82, 2.24) is 5.32 Å². The molecule has 1 atom stereocenters. The van der Waals surface area contributed by atoms with Crippen LogP contribution in [0.5, 0.6) is 0 Å². The van der Waals surface area contributed by atoms with Gasteiger partial charge < -0.3 is 9.73 Å². The van der Waals surface area contributed by atoms with Gasteiger partial charge in [0.1, 0.15) is 11.6 Å². The van der Waals surface area contributed by atoms with E-state index in [2.05, 4.69) is 5.32 Å². The van der Waals surface area contributed by atoms with E-state index in [4.69, 9.17) is 16.0 Å². The maximum Gasteiger partial charge on any atom is 0.193 e. The highest BCUT2D eigenvalue weighted by atomic mass is 35.5. The number of likely N-dealkylation sites (N-methyl/N-ethyl adjacent to an activating group) is 1. The van der Waals surface area contributed by atoms with E-state index in [-0.39, 0.29) is 11.9 Å². The lowest BCUT2D eigenvalue weighted by atomic mass is 9.99. The fourth-order valence-electron chi connectivity index (χ4n) is 1.94. The lowest BCUT2D eigenvalue weighted by Crippen LogP contribution is -2.18. The fourth-order valence-corrected chi connectivity index (χ4v) is 2.09. The van der Waals surface area contributed by atoms with Crippen molar-refractivity contribution in [1.29, 1.82) is 0 Å². The zero-order chi connectivity index (χ0) is 13.1. The molecule has 0 aliphatic carbocycles. The Morgan fingerprint density at radius 1 is 1.33 bits per heavy atom. The van der Waals surface area contributed by atoms with E-state index in [9.17, 15) is 4.39 Å². The molecule has 18 heavy (non-hydrogen) atoms. The first-order valence-electron chi connectivity index (χ1n) is 5.77. The zero-order valence-electron chi connectivity index (χ0n) is 10.3. The SMILES string of the molecule is CNC(Cc1cc(F)ccc1C)c1ccc(Cl)o1. The molecule has 0 bridgehead atoms. The zero-order valence-corrected chi connectivity index (χ0v) is 11.1. The van der Waals surface area contributed by atoms with Crippen molar-refractivity contribution in [2.24, 2.45) is 0 Å². The third-order valence-electron chi connectivity index (χ3n) is 3.02. The van der Waals surface area contributed by atoms with Gasteiger partial charge in [0.2, 0.25) is 0 Å². The Hall–Kier alpha value is -1.32. The minimum atomic E-state index is -0.220. The Kier molecular flexibility index (Phi) is 4.04. The molecular weight excluding hydrogens is 253 g/mol. The van der Waals surface area contributed by atoms with E-state index in [0.717, 1.165) is 16.9 Å². The molecule has 0 saturated carbocycles. The standard InChI is InChI=1S/C14H15ClFNO/c1-9-3-4-11(16)7-10(9)8-12(17-2)13-5-6-14(15)18-13/h3-7,12,17H,8H2,1-2H3. The lowest BCUT2D eigenvalue weighted by Gasteiger charge is -2.15. The third kappa shape index (κ3) is 2.92. The van der Waals surface area contributed by atoms with Gasteiger partial charge in [-0.2, -0.15) is 0 Å². The van der Waals surface area contributed by atoms with Gasteiger partial charge in [0.25, 0.3) is 0 Å². The van der Waals surface area contributed by atoms with Crippen molar-refractivity contribution in [3.8, 4) is 0 Å². The Bertz CT molecular complexity index is 538. The summed E-state index contributed by atoms with van der Waals surface area (Å²) < 4.78 is 18.6. The molecule has 0 aliphatic heterocycles. The number of hydrogen-bond donors (Lipinski definition) is 1. The molecule has 1 N–H and O–H groups in total. The first-order chi connectivity index (χ1) is 8.60. The third-order valence-corrected chi connectivity index (χ3v) is 3.22. The highest BCUT2D eigenvalue weighted by Gasteiger charge is 2.15. The first kappa shape index (κ1) is 13.1. The van der Waals surface area contributed by atoms with Crippen LogP contribution in [0.2, 0.25) is 5.22 Å². The van der Waals surface area contributed by atoms with Crippen LogP contribution in [-0.4, -0.2) is 7.05 Å². The van der Waals surface area contributed by atoms with Crippen molar-refractivity contribution in [3.63, 3.8) is 0 Å². The first-order valence-corrected chi connectivity index (χ1v) is 6.15. The van der Waals surface area contributed by atoms with Crippen molar-refractivity contribution >= 4 is 11.6 Å². The Morgan fingerprint density at radius 3 is 2.72 bits per heavy atom. The number of nitrogens with one attached hydrogen (secondary N) is 1. The minimum Gasteiger partial charge on any atom is -0.448 e. The predicted molar refractivity (Wildman–Crippen MR) is 70.4 cm³/mol. The molecule has 2 nitrogen and oxygen atoms in total. The molecular formula is C14H15ClFNO. The molecule has 0 aliphatic rings. The molecule has 2 rings (SSSR count). The van der Waals surface area contributed by atoms with Crippen LogP contribution in [0.4, 0.5) is 4.39 Å². The highest BCUT2D eigenvalue weighted by Crippen LogP contribution is 2.24. The summed E-state index contributed by atoms with van der Waals surface area (Å²) >= 11 is 5.77. The maximum absolute atomic E-state index is 13.2. The Labute approximate surface area is 111 Å². The van der Waals surface area contributed by atoms with Crippen molar-refractivity contribution in [2.45, 2.75) is 19.4 Å². The molecule has 0 fully saturated rings. The van der Waals surface area contributed by atoms with Gasteiger partial charge in [0.15, 0.2) is 5.22 Å². The maximum atomic E-state index is 13.2. The molecule has 0 saturated heterocycles. The number of rotatable bonds is 4. The average Bonchev–Trinajstić information content (AvgIpc) is 2.77. The smallest absolute Gasteiger partial charge is 0.193 e. The molecule has 0 amide bonds. The normalized spacial score (nSPS) is 12.7. The summed E-state index contributed by atoms with van der Waals surface area (Å²) in [5, 5.41) is 3.51. The topological polar surface area (TPSA) is 25.2 Å². The van der Waals surface area contributed by atoms with Crippen LogP contribution in [0.25, 0.3) is 0 Å². The van der Waals surface area contributed by atoms with E-state index in [1.807, 2.05) is 20.0 Å². The summed E-state index contributed by atoms with van der Waals surface area (Å²) in [5.74, 6) is 0.536. The number of furan rings is 1. The summed E-state index contributed by atoms with van der Waals surface area (Å²) in [6.45, 7) is 1.97. The number of aryl methyl sites for hydroxylation is 1. The molecule has 0 spiro atoms. The van der Waals surface area contributed by atoms with Gasteiger partial charge in [0, 0.05) is 0 Å². The average molecular weight is 268 g/mol. The highest BCUT2D eigenvalue weighted by molar-refractivity contribution is 6.28. The van der Waals surface area contributed by atoms with Gasteiger partial charge in [0.05, 0.1) is 6.04 Å². The van der Waals surface area contributed by atoms with Crippen LogP contribution >= 0.6 is 11.6 Å². The van der Waals surface area contributed by atoms with Gasteiger partial charge in [-0.15, -0.1) is 0 Å². The Balaban J connectivity index is 2.22. The van der Waals surface area contributed by atoms with E-state index in [1.54, 1.807) is 18.2 Å². The van der Waals surface area contributed by atoms with Gasteiger partial charge >= 0.3 is 0 Å². The predicted octanol–water partition coefficient (Wildman–Crippen LogP) is 3.88. The van der Waals surface area contributed by atoms with Crippen LogP contribution < -0.4 is 5.32 Å². The van der Waals surface area contributed by atoms with Gasteiger partial charge in [-0.3, -0.25) is 0 Å². The molecule has 96 valence electrons. The van der Waals surface area contributed by atoms with Crippen molar-refractivity contribution in [3.05, 3.63) is 58.3 Å². The second kappa shape index (κ2) is 5.55. The fraction of sp³-hybridized carbons (Fsp3) is 0.286. The van der Waals surface area contributed by atoms with E-state index in [1.165, 1.54) is 6.07 Å². The van der Waals surface area contributed by atoms with Crippen LogP contribution in [0.3, 0.4) is 0 Å². The number of benzene rings is 1. The second-order valence-electron chi connectivity index (χ2n) is 4.26. The molecule has 1 unspecified atom stereocenters. The van der Waals surface area contributed by atoms with Crippen molar-refractivity contribution in [2.75, 3.05) is 7.05 Å². The Morgan fingerprint density at radius 2 is 2.11 bits per heavy atom. The second-order valence-corrected chi connectivity index (χ2v) is 4.63. The monoisotopic (exact) mass is 267 g/mol. The van der Waals surface area contributed by atoms with E-state index >= 15 is 0 Å². The quantitative estimate of drug-likeness (QED) is 0.909. The van der Waals surface area contributed by atoms with Crippen LogP contribution in [0.1, 0.15) is 22.9 Å². The summed E-state index contributed by atoms with van der Waals surface area (Å²) in [6.07, 6.45) is 0.657. The molecule has 1 aromatic heterocycles. The largest absolute Gasteiger partial charge is 0.448 e. The molecule has 0 radical (unpaired) electrons. The summed E-state index contributed by atoms with van der Waals surface area (Å²) in [4.78, 5) is 0. The molecule has 1 heterocycles. The molecule has 1 aromatic carbocycles. The molecule has 4 heteroatoms. The van der Waals surface area contributed by atoms with Crippen LogP contribution in [0.15, 0.2) is 34.7 Å². The van der Waals surface area contributed by atoms with E-state index < -0.39 is 0 Å². The van der Waals surface area contributed by atoms with Crippen LogP contribution in [0, 0.1) is 12.7 Å². The summed E-state index contributed by atoms with van der Waals surface area (Å²) in [5.41, 5.74) is 2.02. The summed E-state index contributed by atoms with van der Waals surface area (Å²) in [6, 6.07) is 8.34. The van der Waals surface area contributed by atoms with Gasteiger partial charge in [-0.05, 0) is 67.4 Å². The number of hydrogen-bond acceptors (Lipinski definition) is 2. The minimum absolute atomic E-state index is 0.0157. The van der Waals surface area contributed by atoms with E-state index in [0.29, 0.717) is 11.6 Å². The van der Waals surface area contributed by atoms with Crippen molar-refractivity contribution < 1.29 is 8.81 Å².